The van der Waals surface area contributed by atoms with Crippen LogP contribution in [0.3, 0.4) is 0 Å². The van der Waals surface area contributed by atoms with E-state index >= 15 is 0 Å². The summed E-state index contributed by atoms with van der Waals surface area (Å²) in [4.78, 5) is 2.63. The second kappa shape index (κ2) is 6.27. The number of rotatable bonds is 4. The Morgan fingerprint density at radius 3 is 2.80 bits per heavy atom. The minimum Gasteiger partial charge on any atom is -0.377 e. The van der Waals surface area contributed by atoms with E-state index in [0.29, 0.717) is 12.1 Å². The molecule has 2 fully saturated rings. The first-order valence-electron chi connectivity index (χ1n) is 8.09. The van der Waals surface area contributed by atoms with Gasteiger partial charge in [-0.25, -0.2) is 0 Å². The summed E-state index contributed by atoms with van der Waals surface area (Å²) in [5, 5.41) is 4.61. The lowest BCUT2D eigenvalue weighted by atomic mass is 10.1. The molecule has 2 aliphatic rings. The van der Waals surface area contributed by atoms with Crippen LogP contribution in [0, 0.1) is 13.8 Å². The monoisotopic (exact) mass is 277 g/mol. The van der Waals surface area contributed by atoms with E-state index in [0.717, 1.165) is 25.4 Å². The van der Waals surface area contributed by atoms with Crippen molar-refractivity contribution in [3.63, 3.8) is 0 Å². The average Bonchev–Trinajstić information content (AvgIpc) is 2.99. The van der Waals surface area contributed by atoms with Crippen molar-refractivity contribution >= 4 is 0 Å². The topological polar surface area (TPSA) is 30.3 Å². The van der Waals surface area contributed by atoms with Gasteiger partial charge in [0, 0.05) is 24.9 Å². The van der Waals surface area contributed by atoms with Gasteiger partial charge in [-0.15, -0.1) is 0 Å². The van der Waals surface area contributed by atoms with Crippen LogP contribution < -0.4 is 0 Å². The standard InChI is InChI=1S/C16H27N3O/c1-13-10-14(2)19(17-13)11-15-6-5-8-18(15)12-16-7-3-4-9-20-16/h10,15-16H,3-9,11-12H2,1-2H3. The number of ether oxygens (including phenoxy) is 1. The highest BCUT2D eigenvalue weighted by Gasteiger charge is 2.28. The van der Waals surface area contributed by atoms with Gasteiger partial charge in [-0.2, -0.15) is 5.10 Å². The second-order valence-electron chi connectivity index (χ2n) is 6.39. The molecule has 1 aromatic heterocycles. The van der Waals surface area contributed by atoms with E-state index in [-0.39, 0.29) is 0 Å². The van der Waals surface area contributed by atoms with Gasteiger partial charge >= 0.3 is 0 Å². The highest BCUT2D eigenvalue weighted by Crippen LogP contribution is 2.22. The third-order valence-corrected chi connectivity index (χ3v) is 4.70. The molecular formula is C16H27N3O. The van der Waals surface area contributed by atoms with E-state index in [4.69, 9.17) is 4.74 Å². The van der Waals surface area contributed by atoms with Crippen molar-refractivity contribution in [3.05, 3.63) is 17.5 Å². The summed E-state index contributed by atoms with van der Waals surface area (Å²) in [6.45, 7) is 8.57. The van der Waals surface area contributed by atoms with E-state index < -0.39 is 0 Å². The Morgan fingerprint density at radius 1 is 1.20 bits per heavy atom. The summed E-state index contributed by atoms with van der Waals surface area (Å²) >= 11 is 0. The Balaban J connectivity index is 1.59. The predicted octanol–water partition coefficient (Wildman–Crippen LogP) is 2.53. The Kier molecular flexibility index (Phi) is 4.41. The lowest BCUT2D eigenvalue weighted by Crippen LogP contribution is -2.40. The van der Waals surface area contributed by atoms with Gasteiger partial charge in [0.05, 0.1) is 18.3 Å². The molecule has 112 valence electrons. The summed E-state index contributed by atoms with van der Waals surface area (Å²) in [5.41, 5.74) is 2.41. The predicted molar refractivity (Wildman–Crippen MR) is 79.9 cm³/mol. The lowest BCUT2D eigenvalue weighted by molar-refractivity contribution is -0.00914. The molecule has 3 rings (SSSR count). The van der Waals surface area contributed by atoms with Crippen LogP contribution in [0.25, 0.3) is 0 Å². The average molecular weight is 277 g/mol. The fourth-order valence-electron chi connectivity index (χ4n) is 3.61. The van der Waals surface area contributed by atoms with E-state index in [1.807, 2.05) is 0 Å². The Morgan fingerprint density at radius 2 is 2.10 bits per heavy atom. The molecule has 3 heterocycles. The summed E-state index contributed by atoms with van der Waals surface area (Å²) in [6.07, 6.45) is 6.89. The molecule has 2 saturated heterocycles. The first-order valence-corrected chi connectivity index (χ1v) is 8.09. The molecule has 0 radical (unpaired) electrons. The van der Waals surface area contributed by atoms with Crippen molar-refractivity contribution in [3.8, 4) is 0 Å². The van der Waals surface area contributed by atoms with Gasteiger partial charge in [0.1, 0.15) is 0 Å². The number of aromatic nitrogens is 2. The van der Waals surface area contributed by atoms with Crippen LogP contribution in [0.1, 0.15) is 43.5 Å². The number of likely N-dealkylation sites (tertiary alicyclic amines) is 1. The zero-order chi connectivity index (χ0) is 13.9. The molecule has 4 nitrogen and oxygen atoms in total. The van der Waals surface area contributed by atoms with Gasteiger partial charge < -0.3 is 4.74 Å². The Hall–Kier alpha value is -0.870. The molecule has 0 spiro atoms. The van der Waals surface area contributed by atoms with E-state index in [9.17, 15) is 0 Å². The first-order chi connectivity index (χ1) is 9.72. The minimum atomic E-state index is 0.463. The van der Waals surface area contributed by atoms with Crippen LogP contribution in [0.4, 0.5) is 0 Å². The van der Waals surface area contributed by atoms with Crippen LogP contribution >= 0.6 is 0 Å². The SMILES string of the molecule is Cc1cc(C)n(CC2CCCN2CC2CCCCO2)n1. The minimum absolute atomic E-state index is 0.463. The normalized spacial score (nSPS) is 28.1. The Labute approximate surface area is 122 Å². The number of hydrogen-bond donors (Lipinski definition) is 0. The van der Waals surface area contributed by atoms with Crippen LogP contribution in [0.15, 0.2) is 6.07 Å². The van der Waals surface area contributed by atoms with Gasteiger partial charge in [0.2, 0.25) is 0 Å². The quantitative estimate of drug-likeness (QED) is 0.847. The summed E-state index contributed by atoms with van der Waals surface area (Å²) < 4.78 is 8.08. The third kappa shape index (κ3) is 3.23. The first kappa shape index (κ1) is 14.1. The molecule has 0 N–H and O–H groups in total. The highest BCUT2D eigenvalue weighted by atomic mass is 16.5. The van der Waals surface area contributed by atoms with Crippen LogP contribution in [0.5, 0.6) is 0 Å². The van der Waals surface area contributed by atoms with Gasteiger partial charge in [-0.1, -0.05) is 0 Å². The zero-order valence-electron chi connectivity index (χ0n) is 12.8. The molecule has 1 aromatic rings. The zero-order valence-corrected chi connectivity index (χ0v) is 12.8. The largest absolute Gasteiger partial charge is 0.377 e. The van der Waals surface area contributed by atoms with Crippen molar-refractivity contribution in [2.75, 3.05) is 19.7 Å². The van der Waals surface area contributed by atoms with Crippen molar-refractivity contribution in [1.29, 1.82) is 0 Å². The molecule has 0 bridgehead atoms. The van der Waals surface area contributed by atoms with Gasteiger partial charge in [0.15, 0.2) is 0 Å². The third-order valence-electron chi connectivity index (χ3n) is 4.70. The Bertz CT molecular complexity index is 437. The molecule has 0 amide bonds. The summed E-state index contributed by atoms with van der Waals surface area (Å²) in [7, 11) is 0. The fraction of sp³-hybridized carbons (Fsp3) is 0.812. The van der Waals surface area contributed by atoms with Gasteiger partial charge in [-0.3, -0.25) is 9.58 Å². The molecule has 2 aliphatic heterocycles. The molecule has 2 atom stereocenters. The van der Waals surface area contributed by atoms with Crippen molar-refractivity contribution < 1.29 is 4.74 Å². The summed E-state index contributed by atoms with van der Waals surface area (Å²) in [5.74, 6) is 0. The maximum absolute atomic E-state index is 5.90. The molecule has 2 unspecified atom stereocenters. The van der Waals surface area contributed by atoms with Gasteiger partial charge in [-0.05, 0) is 58.6 Å². The van der Waals surface area contributed by atoms with Crippen molar-refractivity contribution in [1.82, 2.24) is 14.7 Å². The lowest BCUT2D eigenvalue weighted by Gasteiger charge is -2.31. The van der Waals surface area contributed by atoms with Crippen LogP contribution in [-0.4, -0.2) is 46.5 Å². The van der Waals surface area contributed by atoms with Crippen molar-refractivity contribution in [2.24, 2.45) is 0 Å². The molecule has 4 heteroatoms. The summed E-state index contributed by atoms with van der Waals surface area (Å²) in [6, 6.07) is 2.81. The number of nitrogens with zero attached hydrogens (tertiary/aromatic N) is 3. The molecule has 0 saturated carbocycles. The van der Waals surface area contributed by atoms with E-state index in [1.54, 1.807) is 0 Å². The maximum atomic E-state index is 5.90. The van der Waals surface area contributed by atoms with Crippen molar-refractivity contribution in [2.45, 2.75) is 64.6 Å². The van der Waals surface area contributed by atoms with E-state index in [2.05, 4.69) is 34.6 Å². The molecular weight excluding hydrogens is 250 g/mol. The fourth-order valence-corrected chi connectivity index (χ4v) is 3.61. The second-order valence-corrected chi connectivity index (χ2v) is 6.39. The number of hydrogen-bond acceptors (Lipinski definition) is 3. The van der Waals surface area contributed by atoms with E-state index in [1.165, 1.54) is 44.3 Å². The maximum Gasteiger partial charge on any atom is 0.0702 e. The molecule has 0 aliphatic carbocycles. The highest BCUT2D eigenvalue weighted by molar-refractivity contribution is 5.07. The molecule has 0 aromatic carbocycles. The smallest absolute Gasteiger partial charge is 0.0702 e. The number of aryl methyl sites for hydroxylation is 2. The van der Waals surface area contributed by atoms with Crippen LogP contribution in [-0.2, 0) is 11.3 Å². The van der Waals surface area contributed by atoms with Crippen LogP contribution in [0.2, 0.25) is 0 Å². The molecule has 20 heavy (non-hydrogen) atoms. The van der Waals surface area contributed by atoms with Gasteiger partial charge in [0.25, 0.3) is 0 Å².